The van der Waals surface area contributed by atoms with Crippen LogP contribution >= 0.6 is 11.8 Å². The van der Waals surface area contributed by atoms with Crippen LogP contribution in [-0.2, 0) is 43.3 Å². The summed E-state index contributed by atoms with van der Waals surface area (Å²) in [4.78, 5) is 65.9. The highest BCUT2D eigenvalue weighted by Gasteiger charge is 2.68. The fraction of sp³-hybridized carbons (Fsp3) is 0.560. The molecular weight excluding hydrogens is 564 g/mol. The van der Waals surface area contributed by atoms with E-state index >= 15 is 0 Å². The second kappa shape index (κ2) is 9.45. The second-order valence-corrected chi connectivity index (χ2v) is 15.6. The summed E-state index contributed by atoms with van der Waals surface area (Å²) in [5.41, 5.74) is 6.64. The molecule has 0 radical (unpaired) electrons. The third kappa shape index (κ3) is 4.08. The summed E-state index contributed by atoms with van der Waals surface area (Å²) >= 11 is 1.31. The lowest BCUT2D eigenvalue weighted by atomic mass is 9.95. The summed E-state index contributed by atoms with van der Waals surface area (Å²) in [6, 6.07) is 4.45. The normalized spacial score (nSPS) is 31.3. The highest BCUT2D eigenvalue weighted by molar-refractivity contribution is 8.01. The minimum atomic E-state index is -3.80. The van der Waals surface area contributed by atoms with Crippen LogP contribution in [0, 0.1) is 0 Å². The number of carbonyl (C=O) groups is 5. The van der Waals surface area contributed by atoms with Gasteiger partial charge in [-0.1, -0.05) is 30.3 Å². The maximum atomic E-state index is 13.0. The highest BCUT2D eigenvalue weighted by atomic mass is 32.2. The summed E-state index contributed by atoms with van der Waals surface area (Å²) in [6.07, 6.45) is -0.191. The highest BCUT2D eigenvalue weighted by Crippen LogP contribution is 2.51. The van der Waals surface area contributed by atoms with Crippen LogP contribution in [0.5, 0.6) is 0 Å². The molecule has 4 aliphatic heterocycles. The van der Waals surface area contributed by atoms with Crippen molar-refractivity contribution in [2.75, 3.05) is 6.79 Å². The lowest BCUT2D eigenvalue weighted by Crippen LogP contribution is -2.71. The number of thioether (sulfide) groups is 1. The van der Waals surface area contributed by atoms with Gasteiger partial charge in [-0.2, -0.15) is 0 Å². The number of hydrogen-bond donors (Lipinski definition) is 2. The SMILES string of the molecule is CC1(C)SC2C(NC(=O)[C@@H](N)c3ccccc3)C(=O)N2[C@H]1C(=O)OCOC(=O)[C@@H]1N2C(=O)CC2S(=O)(=O)C1(C)C. The summed E-state index contributed by atoms with van der Waals surface area (Å²) in [6.45, 7) is 5.37. The Morgan fingerprint density at radius 1 is 1.05 bits per heavy atom. The second-order valence-electron chi connectivity index (χ2n) is 11.2. The minimum Gasteiger partial charge on any atom is -0.426 e. The Labute approximate surface area is 235 Å². The van der Waals surface area contributed by atoms with E-state index < -0.39 is 90.7 Å². The van der Waals surface area contributed by atoms with Crippen molar-refractivity contribution in [2.24, 2.45) is 5.73 Å². The van der Waals surface area contributed by atoms with Gasteiger partial charge in [0.15, 0.2) is 9.84 Å². The molecule has 0 bridgehead atoms. The molecule has 15 heteroatoms. The zero-order chi connectivity index (χ0) is 29.4. The fourth-order valence-corrected chi connectivity index (χ4v) is 9.44. The molecule has 3 N–H and O–H groups in total. The third-order valence-corrected chi connectivity index (χ3v) is 12.4. The Morgan fingerprint density at radius 2 is 1.65 bits per heavy atom. The van der Waals surface area contributed by atoms with Crippen LogP contribution in [-0.4, -0.2) is 93.0 Å². The number of sulfone groups is 1. The van der Waals surface area contributed by atoms with Crippen molar-refractivity contribution in [3.05, 3.63) is 35.9 Å². The Bertz CT molecular complexity index is 1400. The Morgan fingerprint density at radius 3 is 2.25 bits per heavy atom. The van der Waals surface area contributed by atoms with E-state index in [0.717, 1.165) is 4.90 Å². The molecule has 4 aliphatic rings. The summed E-state index contributed by atoms with van der Waals surface area (Å²) in [7, 11) is -3.80. The van der Waals surface area contributed by atoms with E-state index in [0.29, 0.717) is 5.56 Å². The quantitative estimate of drug-likeness (QED) is 0.234. The van der Waals surface area contributed by atoms with Gasteiger partial charge < -0.3 is 30.3 Å². The molecule has 0 spiro atoms. The average molecular weight is 595 g/mol. The lowest BCUT2D eigenvalue weighted by Gasteiger charge is -2.44. The van der Waals surface area contributed by atoms with Gasteiger partial charge in [-0.25, -0.2) is 18.0 Å². The monoisotopic (exact) mass is 594 g/mol. The number of benzene rings is 1. The Balaban J connectivity index is 1.19. The first-order valence-electron chi connectivity index (χ1n) is 12.6. The van der Waals surface area contributed by atoms with E-state index in [1.54, 1.807) is 44.2 Å². The molecule has 40 heavy (non-hydrogen) atoms. The molecule has 1 aromatic rings. The minimum absolute atomic E-state index is 0.191. The molecule has 13 nitrogen and oxygen atoms in total. The summed E-state index contributed by atoms with van der Waals surface area (Å²) < 4.78 is 33.3. The van der Waals surface area contributed by atoms with Crippen LogP contribution < -0.4 is 11.1 Å². The standard InChI is InChI=1S/C25H30N4O9S2/c1-24(2)17(29-20(32)16(21(29)39-24)27-19(31)15(26)12-8-6-5-7-9-12)22(33)37-11-38-23(34)18-25(3,4)40(35,36)14-10-13(30)28(14)18/h5-9,14-18,21H,10-11,26H2,1-4H3,(H,27,31)/t14?,15-,16?,17-,18-,21?/m0/s1. The van der Waals surface area contributed by atoms with Gasteiger partial charge in [0.2, 0.25) is 24.5 Å². The van der Waals surface area contributed by atoms with Gasteiger partial charge in [-0.15, -0.1) is 11.8 Å². The third-order valence-electron chi connectivity index (χ3n) is 8.00. The fourth-order valence-electron chi connectivity index (χ4n) is 5.69. The molecule has 3 unspecified atom stereocenters. The number of amides is 3. The number of nitrogens with two attached hydrogens (primary N) is 1. The molecule has 0 aliphatic carbocycles. The van der Waals surface area contributed by atoms with Crippen molar-refractivity contribution >= 4 is 51.3 Å². The largest absolute Gasteiger partial charge is 0.426 e. The first-order chi connectivity index (χ1) is 18.6. The molecule has 216 valence electrons. The maximum absolute atomic E-state index is 13.0. The summed E-state index contributed by atoms with van der Waals surface area (Å²) in [5, 5.41) is 1.07. The number of nitrogens with zero attached hydrogens (tertiary/aromatic N) is 2. The molecule has 4 fully saturated rings. The molecule has 3 amide bonds. The topological polar surface area (TPSA) is 182 Å². The molecular formula is C25H30N4O9S2. The van der Waals surface area contributed by atoms with E-state index in [2.05, 4.69) is 5.32 Å². The van der Waals surface area contributed by atoms with E-state index in [1.165, 1.54) is 30.5 Å². The average Bonchev–Trinajstić information content (AvgIpc) is 3.22. The Hall–Kier alpha value is -3.17. The molecule has 4 saturated heterocycles. The van der Waals surface area contributed by atoms with Crippen molar-refractivity contribution in [1.82, 2.24) is 15.1 Å². The van der Waals surface area contributed by atoms with Crippen LogP contribution in [0.3, 0.4) is 0 Å². The zero-order valence-corrected chi connectivity index (χ0v) is 23.9. The number of rotatable bonds is 7. The molecule has 4 heterocycles. The van der Waals surface area contributed by atoms with Crippen LogP contribution in [0.2, 0.25) is 0 Å². The Kier molecular flexibility index (Phi) is 6.70. The van der Waals surface area contributed by atoms with Gasteiger partial charge >= 0.3 is 11.9 Å². The summed E-state index contributed by atoms with van der Waals surface area (Å²) in [5.74, 6) is -3.32. The zero-order valence-electron chi connectivity index (χ0n) is 22.2. The molecule has 5 rings (SSSR count). The molecule has 0 aromatic heterocycles. The van der Waals surface area contributed by atoms with Gasteiger partial charge in [0.05, 0.1) is 11.2 Å². The number of fused-ring (bicyclic) bond motifs is 2. The van der Waals surface area contributed by atoms with E-state index in [1.807, 2.05) is 0 Å². The molecule has 1 aromatic carbocycles. The van der Waals surface area contributed by atoms with Crippen molar-refractivity contribution in [3.63, 3.8) is 0 Å². The van der Waals surface area contributed by atoms with Gasteiger partial charge in [0, 0.05) is 4.75 Å². The van der Waals surface area contributed by atoms with E-state index in [4.69, 9.17) is 15.2 Å². The number of β-lactam (4-membered cyclic amide) rings is 2. The van der Waals surface area contributed by atoms with E-state index in [-0.39, 0.29) is 6.42 Å². The lowest BCUT2D eigenvalue weighted by molar-refractivity contribution is -0.181. The molecule has 0 saturated carbocycles. The number of ether oxygens (including phenoxy) is 2. The molecule has 6 atom stereocenters. The number of esters is 2. The van der Waals surface area contributed by atoms with Crippen LogP contribution in [0.4, 0.5) is 0 Å². The predicted molar refractivity (Wildman–Crippen MR) is 140 cm³/mol. The van der Waals surface area contributed by atoms with Crippen LogP contribution in [0.25, 0.3) is 0 Å². The van der Waals surface area contributed by atoms with Crippen molar-refractivity contribution in [2.45, 2.75) is 78.5 Å². The smallest absolute Gasteiger partial charge is 0.333 e. The first kappa shape index (κ1) is 28.4. The first-order valence-corrected chi connectivity index (χ1v) is 15.0. The van der Waals surface area contributed by atoms with Gasteiger partial charge in [-0.05, 0) is 33.3 Å². The van der Waals surface area contributed by atoms with Gasteiger partial charge in [0.1, 0.15) is 34.9 Å². The van der Waals surface area contributed by atoms with Crippen LogP contribution in [0.1, 0.15) is 45.7 Å². The predicted octanol–water partition coefficient (Wildman–Crippen LogP) is -0.589. The number of carbonyl (C=O) groups excluding carboxylic acids is 5. The maximum Gasteiger partial charge on any atom is 0.333 e. The number of nitrogens with one attached hydrogen (secondary N) is 1. The van der Waals surface area contributed by atoms with Crippen molar-refractivity contribution < 1.29 is 41.9 Å². The number of hydrogen-bond acceptors (Lipinski definition) is 11. The van der Waals surface area contributed by atoms with Crippen molar-refractivity contribution in [3.8, 4) is 0 Å². The van der Waals surface area contributed by atoms with Gasteiger partial charge in [-0.3, -0.25) is 14.4 Å². The van der Waals surface area contributed by atoms with Crippen molar-refractivity contribution in [1.29, 1.82) is 0 Å². The van der Waals surface area contributed by atoms with E-state index in [9.17, 15) is 32.4 Å². The van der Waals surface area contributed by atoms with Gasteiger partial charge in [0.25, 0.3) is 0 Å². The van der Waals surface area contributed by atoms with Crippen LogP contribution in [0.15, 0.2) is 30.3 Å².